The molecule has 19 heavy (non-hydrogen) atoms. The van der Waals surface area contributed by atoms with Crippen molar-refractivity contribution < 1.29 is 14.3 Å². The molecule has 0 fully saturated rings. The third-order valence-corrected chi connectivity index (χ3v) is 3.56. The highest BCUT2D eigenvalue weighted by Crippen LogP contribution is 2.23. The molecule has 0 bridgehead atoms. The molecule has 6 heteroatoms. The van der Waals surface area contributed by atoms with Crippen LogP contribution in [0.3, 0.4) is 0 Å². The molecule has 0 saturated heterocycles. The van der Waals surface area contributed by atoms with Crippen molar-refractivity contribution >= 4 is 11.3 Å². The SMILES string of the molecule is COCCN(CCO)Cc1coc(-c2cccs2)n1. The molecule has 0 spiro atoms. The lowest BCUT2D eigenvalue weighted by Crippen LogP contribution is -2.29. The number of aliphatic hydroxyl groups excluding tert-OH is 1. The first-order valence-electron chi connectivity index (χ1n) is 6.14. The Bertz CT molecular complexity index is 470. The fourth-order valence-corrected chi connectivity index (χ4v) is 2.41. The number of nitrogens with zero attached hydrogens (tertiary/aromatic N) is 2. The molecule has 2 heterocycles. The zero-order valence-corrected chi connectivity index (χ0v) is 11.7. The number of aliphatic hydroxyl groups is 1. The molecular formula is C13H18N2O3S. The molecule has 0 aliphatic carbocycles. The number of hydrogen-bond donors (Lipinski definition) is 1. The van der Waals surface area contributed by atoms with E-state index >= 15 is 0 Å². The summed E-state index contributed by atoms with van der Waals surface area (Å²) in [6.45, 7) is 2.77. The van der Waals surface area contributed by atoms with E-state index in [4.69, 9.17) is 14.3 Å². The molecule has 2 aromatic rings. The van der Waals surface area contributed by atoms with Crippen LogP contribution in [0.15, 0.2) is 28.2 Å². The second-order valence-electron chi connectivity index (χ2n) is 4.11. The number of hydrogen-bond acceptors (Lipinski definition) is 6. The van der Waals surface area contributed by atoms with Gasteiger partial charge in [-0.1, -0.05) is 6.07 Å². The van der Waals surface area contributed by atoms with Crippen LogP contribution in [0.1, 0.15) is 5.69 Å². The van der Waals surface area contributed by atoms with Gasteiger partial charge in [-0.2, -0.15) is 0 Å². The predicted octanol–water partition coefficient (Wildman–Crippen LogP) is 1.84. The normalized spacial score (nSPS) is 11.3. The van der Waals surface area contributed by atoms with Crippen LogP contribution in [0, 0.1) is 0 Å². The van der Waals surface area contributed by atoms with Gasteiger partial charge in [0.05, 0.1) is 23.8 Å². The van der Waals surface area contributed by atoms with Crippen molar-refractivity contribution in [3.05, 3.63) is 29.5 Å². The number of ether oxygens (including phenoxy) is 1. The highest BCUT2D eigenvalue weighted by molar-refractivity contribution is 7.13. The first-order valence-corrected chi connectivity index (χ1v) is 7.02. The summed E-state index contributed by atoms with van der Waals surface area (Å²) in [6.07, 6.45) is 1.67. The Hall–Kier alpha value is -1.21. The molecule has 2 rings (SSSR count). The van der Waals surface area contributed by atoms with Crippen LogP contribution in [0.25, 0.3) is 10.8 Å². The summed E-state index contributed by atoms with van der Waals surface area (Å²) in [5, 5.41) is 11.0. The van der Waals surface area contributed by atoms with E-state index in [1.807, 2.05) is 17.5 Å². The number of thiophene rings is 1. The van der Waals surface area contributed by atoms with Crippen molar-refractivity contribution in [3.8, 4) is 10.8 Å². The summed E-state index contributed by atoms with van der Waals surface area (Å²) >= 11 is 1.60. The van der Waals surface area contributed by atoms with E-state index in [-0.39, 0.29) is 6.61 Å². The van der Waals surface area contributed by atoms with Gasteiger partial charge in [0.15, 0.2) is 0 Å². The quantitative estimate of drug-likeness (QED) is 0.800. The Labute approximate surface area is 116 Å². The standard InChI is InChI=1S/C13H18N2O3S/c1-17-7-5-15(4-6-16)9-11-10-18-13(14-11)12-3-2-8-19-12/h2-3,8,10,16H,4-7,9H2,1H3. The summed E-state index contributed by atoms with van der Waals surface area (Å²) in [4.78, 5) is 7.57. The summed E-state index contributed by atoms with van der Waals surface area (Å²) < 4.78 is 10.5. The van der Waals surface area contributed by atoms with Crippen molar-refractivity contribution in [2.24, 2.45) is 0 Å². The van der Waals surface area contributed by atoms with Crippen molar-refractivity contribution in [2.45, 2.75) is 6.54 Å². The summed E-state index contributed by atoms with van der Waals surface area (Å²) in [5.74, 6) is 0.653. The average molecular weight is 282 g/mol. The van der Waals surface area contributed by atoms with E-state index in [0.29, 0.717) is 25.6 Å². The summed E-state index contributed by atoms with van der Waals surface area (Å²) in [5.41, 5.74) is 0.868. The lowest BCUT2D eigenvalue weighted by Gasteiger charge is -2.19. The first-order chi connectivity index (χ1) is 9.33. The molecule has 0 saturated carbocycles. The largest absolute Gasteiger partial charge is 0.444 e. The van der Waals surface area contributed by atoms with Crippen molar-refractivity contribution in [3.63, 3.8) is 0 Å². The minimum atomic E-state index is 0.124. The summed E-state index contributed by atoms with van der Waals surface area (Å²) in [7, 11) is 1.67. The van der Waals surface area contributed by atoms with Crippen LogP contribution in [0.2, 0.25) is 0 Å². The Balaban J connectivity index is 1.97. The van der Waals surface area contributed by atoms with Crippen LogP contribution in [0.5, 0.6) is 0 Å². The van der Waals surface area contributed by atoms with E-state index in [2.05, 4.69) is 9.88 Å². The molecule has 5 nitrogen and oxygen atoms in total. The number of methoxy groups -OCH3 is 1. The molecule has 1 N–H and O–H groups in total. The molecule has 0 amide bonds. The Morgan fingerprint density at radius 1 is 1.47 bits per heavy atom. The molecule has 0 aliphatic rings. The number of oxazole rings is 1. The molecule has 0 aromatic carbocycles. The Kier molecular flexibility index (Phi) is 5.53. The maximum Gasteiger partial charge on any atom is 0.236 e. The van der Waals surface area contributed by atoms with E-state index in [0.717, 1.165) is 17.1 Å². The predicted molar refractivity (Wildman–Crippen MR) is 74.1 cm³/mol. The Morgan fingerprint density at radius 2 is 2.37 bits per heavy atom. The fourth-order valence-electron chi connectivity index (χ4n) is 1.75. The van der Waals surface area contributed by atoms with Gasteiger partial charge in [-0.05, 0) is 11.4 Å². The highest BCUT2D eigenvalue weighted by Gasteiger charge is 2.11. The number of aromatic nitrogens is 1. The van der Waals surface area contributed by atoms with Gasteiger partial charge in [0.2, 0.25) is 5.89 Å². The maximum absolute atomic E-state index is 9.04. The van der Waals surface area contributed by atoms with E-state index in [1.54, 1.807) is 24.7 Å². The van der Waals surface area contributed by atoms with Crippen molar-refractivity contribution in [1.82, 2.24) is 9.88 Å². The van der Waals surface area contributed by atoms with Gasteiger partial charge in [-0.15, -0.1) is 11.3 Å². The first kappa shape index (κ1) is 14.2. The molecule has 104 valence electrons. The Morgan fingerprint density at radius 3 is 3.05 bits per heavy atom. The highest BCUT2D eigenvalue weighted by atomic mass is 32.1. The smallest absolute Gasteiger partial charge is 0.236 e. The van der Waals surface area contributed by atoms with E-state index in [9.17, 15) is 0 Å². The molecule has 0 atom stereocenters. The van der Waals surface area contributed by atoms with Gasteiger partial charge in [-0.25, -0.2) is 4.98 Å². The van der Waals surface area contributed by atoms with Gasteiger partial charge >= 0.3 is 0 Å². The molecule has 0 unspecified atom stereocenters. The summed E-state index contributed by atoms with van der Waals surface area (Å²) in [6, 6.07) is 3.96. The third kappa shape index (κ3) is 4.14. The molecule has 2 aromatic heterocycles. The second-order valence-corrected chi connectivity index (χ2v) is 5.06. The number of rotatable bonds is 8. The third-order valence-electron chi connectivity index (χ3n) is 2.70. The zero-order chi connectivity index (χ0) is 13.5. The fraction of sp³-hybridized carbons (Fsp3) is 0.462. The van der Waals surface area contributed by atoms with Gasteiger partial charge in [-0.3, -0.25) is 4.90 Å². The molecule has 0 aliphatic heterocycles. The van der Waals surface area contributed by atoms with Crippen LogP contribution in [-0.2, 0) is 11.3 Å². The maximum atomic E-state index is 9.04. The lowest BCUT2D eigenvalue weighted by molar-refractivity contribution is 0.126. The second kappa shape index (κ2) is 7.40. The topological polar surface area (TPSA) is 58.7 Å². The minimum absolute atomic E-state index is 0.124. The van der Waals surface area contributed by atoms with Crippen LogP contribution >= 0.6 is 11.3 Å². The van der Waals surface area contributed by atoms with Gasteiger partial charge in [0, 0.05) is 26.7 Å². The van der Waals surface area contributed by atoms with Crippen LogP contribution in [-0.4, -0.2) is 48.4 Å². The van der Waals surface area contributed by atoms with Crippen molar-refractivity contribution in [2.75, 3.05) is 33.4 Å². The van der Waals surface area contributed by atoms with Gasteiger partial charge < -0.3 is 14.3 Å². The van der Waals surface area contributed by atoms with Gasteiger partial charge in [0.1, 0.15) is 6.26 Å². The van der Waals surface area contributed by atoms with Crippen molar-refractivity contribution in [1.29, 1.82) is 0 Å². The van der Waals surface area contributed by atoms with E-state index in [1.165, 1.54) is 0 Å². The zero-order valence-electron chi connectivity index (χ0n) is 10.9. The average Bonchev–Trinajstić information content (AvgIpc) is 3.06. The van der Waals surface area contributed by atoms with E-state index < -0.39 is 0 Å². The van der Waals surface area contributed by atoms with Gasteiger partial charge in [0.25, 0.3) is 0 Å². The molecule has 0 radical (unpaired) electrons. The lowest BCUT2D eigenvalue weighted by atomic mass is 10.4. The minimum Gasteiger partial charge on any atom is -0.444 e. The molecular weight excluding hydrogens is 264 g/mol. The monoisotopic (exact) mass is 282 g/mol. The van der Waals surface area contributed by atoms with Crippen LogP contribution < -0.4 is 0 Å². The van der Waals surface area contributed by atoms with Crippen LogP contribution in [0.4, 0.5) is 0 Å².